The Morgan fingerprint density at radius 1 is 0.750 bits per heavy atom. The van der Waals surface area contributed by atoms with Crippen LogP contribution in [0.1, 0.15) is 110 Å². The van der Waals surface area contributed by atoms with Crippen molar-refractivity contribution in [3.8, 4) is 0 Å². The van der Waals surface area contributed by atoms with Crippen LogP contribution in [0.3, 0.4) is 0 Å². The molecule has 1 aliphatic rings. The third kappa shape index (κ3) is 14.5. The van der Waals surface area contributed by atoms with Crippen LogP contribution in [0.15, 0.2) is 0 Å². The van der Waals surface area contributed by atoms with E-state index < -0.39 is 8.07 Å². The highest BCUT2D eigenvalue weighted by Gasteiger charge is 2.31. The first kappa shape index (κ1) is 26.6. The fraction of sp³-hybridized carbons (Fsp3) is 1.00. The molecular formula is C25H52OSSi. The van der Waals surface area contributed by atoms with E-state index in [-0.39, 0.29) is 0 Å². The lowest BCUT2D eigenvalue weighted by Crippen LogP contribution is -2.33. The third-order valence-corrected chi connectivity index (χ3v) is 12.3. The topological polar surface area (TPSA) is 9.23 Å². The zero-order chi connectivity index (χ0) is 20.5. The molecule has 0 amide bonds. The van der Waals surface area contributed by atoms with Crippen molar-refractivity contribution in [1.82, 2.24) is 0 Å². The zero-order valence-corrected chi connectivity index (χ0v) is 21.7. The van der Waals surface area contributed by atoms with E-state index in [1.807, 2.05) is 0 Å². The maximum Gasteiger partial charge on any atom is 0.0518 e. The summed E-state index contributed by atoms with van der Waals surface area (Å²) in [5.74, 6) is 2.62. The monoisotopic (exact) mass is 428 g/mol. The Bertz CT molecular complexity index is 339. The Morgan fingerprint density at radius 2 is 1.29 bits per heavy atom. The van der Waals surface area contributed by atoms with Crippen molar-refractivity contribution in [3.63, 3.8) is 0 Å². The minimum Gasteiger partial charge on any atom is -0.379 e. The molecule has 1 nitrogen and oxygen atoms in total. The summed E-state index contributed by atoms with van der Waals surface area (Å²) in [7, 11) is -0.922. The summed E-state index contributed by atoms with van der Waals surface area (Å²) >= 11 is 2.12. The highest BCUT2D eigenvalue weighted by atomic mass is 32.2. The molecule has 1 rings (SSSR count). The van der Waals surface area contributed by atoms with E-state index in [0.717, 1.165) is 12.1 Å². The van der Waals surface area contributed by atoms with E-state index in [1.165, 1.54) is 95.0 Å². The van der Waals surface area contributed by atoms with Crippen molar-refractivity contribution in [1.29, 1.82) is 0 Å². The number of ether oxygens (including phenoxy) is 1. The molecule has 0 N–H and O–H groups in total. The quantitative estimate of drug-likeness (QED) is 0.159. The molecule has 1 aliphatic carbocycles. The van der Waals surface area contributed by atoms with E-state index in [2.05, 4.69) is 38.7 Å². The van der Waals surface area contributed by atoms with Gasteiger partial charge in [0.25, 0.3) is 0 Å². The molecule has 0 saturated heterocycles. The lowest BCUT2D eigenvalue weighted by molar-refractivity contribution is 0.0800. The molecule has 0 spiro atoms. The first-order chi connectivity index (χ1) is 13.5. The molecule has 0 aromatic carbocycles. The van der Waals surface area contributed by atoms with Gasteiger partial charge in [0.05, 0.1) is 14.2 Å². The Labute approximate surface area is 183 Å². The summed E-state index contributed by atoms with van der Waals surface area (Å²) < 4.78 is 5.58. The normalized spacial score (nSPS) is 16.2. The van der Waals surface area contributed by atoms with E-state index in [0.29, 0.717) is 6.10 Å². The van der Waals surface area contributed by atoms with Crippen molar-refractivity contribution in [2.75, 3.05) is 18.1 Å². The number of hydrogen-bond donors (Lipinski definition) is 0. The van der Waals surface area contributed by atoms with Gasteiger partial charge < -0.3 is 4.74 Å². The highest BCUT2D eigenvalue weighted by Crippen LogP contribution is 2.39. The molecule has 168 valence electrons. The van der Waals surface area contributed by atoms with Crippen molar-refractivity contribution in [2.45, 2.75) is 141 Å². The van der Waals surface area contributed by atoms with Crippen molar-refractivity contribution in [3.05, 3.63) is 0 Å². The number of thioether (sulfide) groups is 1. The van der Waals surface area contributed by atoms with E-state index >= 15 is 0 Å². The van der Waals surface area contributed by atoms with Gasteiger partial charge in [-0.3, -0.25) is 0 Å². The van der Waals surface area contributed by atoms with Crippen LogP contribution in [0, 0.1) is 0 Å². The van der Waals surface area contributed by atoms with Crippen LogP contribution < -0.4 is 0 Å². The summed E-state index contributed by atoms with van der Waals surface area (Å²) in [6.45, 7) is 10.5. The molecule has 0 aromatic heterocycles. The van der Waals surface area contributed by atoms with Gasteiger partial charge in [0.1, 0.15) is 0 Å². The molecule has 0 radical (unpaired) electrons. The van der Waals surface area contributed by atoms with Gasteiger partial charge in [-0.1, -0.05) is 103 Å². The van der Waals surface area contributed by atoms with Gasteiger partial charge in [0.15, 0.2) is 0 Å². The molecule has 28 heavy (non-hydrogen) atoms. The average molecular weight is 429 g/mol. The van der Waals surface area contributed by atoms with Gasteiger partial charge in [0, 0.05) is 6.61 Å². The van der Waals surface area contributed by atoms with Gasteiger partial charge in [-0.15, -0.1) is 0 Å². The van der Waals surface area contributed by atoms with Crippen molar-refractivity contribution < 1.29 is 4.74 Å². The molecule has 3 heteroatoms. The molecule has 0 aromatic rings. The average Bonchev–Trinajstić information content (AvgIpc) is 2.68. The lowest BCUT2D eigenvalue weighted by Gasteiger charge is -2.35. The first-order valence-electron chi connectivity index (χ1n) is 12.7. The largest absolute Gasteiger partial charge is 0.379 e. The van der Waals surface area contributed by atoms with Crippen molar-refractivity contribution >= 4 is 19.8 Å². The lowest BCUT2D eigenvalue weighted by atomic mass is 10.0. The highest BCUT2D eigenvalue weighted by molar-refractivity contribution is 7.99. The molecule has 0 bridgehead atoms. The summed E-state index contributed by atoms with van der Waals surface area (Å²) in [4.78, 5) is 0. The fourth-order valence-electron chi connectivity index (χ4n) is 4.69. The summed E-state index contributed by atoms with van der Waals surface area (Å²) in [5, 5.41) is 0. The van der Waals surface area contributed by atoms with Crippen LogP contribution in [0.25, 0.3) is 0 Å². The van der Waals surface area contributed by atoms with Gasteiger partial charge in [0.2, 0.25) is 0 Å². The number of unbranched alkanes of at least 4 members (excludes halogenated alkanes) is 8. The Morgan fingerprint density at radius 3 is 1.89 bits per heavy atom. The predicted molar refractivity (Wildman–Crippen MR) is 134 cm³/mol. The van der Waals surface area contributed by atoms with Crippen LogP contribution in [0.2, 0.25) is 24.7 Å². The fourth-order valence-corrected chi connectivity index (χ4v) is 9.17. The second-order valence-electron chi connectivity index (χ2n) is 10.1. The second-order valence-corrected chi connectivity index (χ2v) is 16.7. The molecule has 0 atom stereocenters. The molecule has 1 fully saturated rings. The molecule has 1 saturated carbocycles. The van der Waals surface area contributed by atoms with Crippen molar-refractivity contribution in [2.24, 2.45) is 0 Å². The van der Waals surface area contributed by atoms with Crippen LogP contribution in [0.5, 0.6) is 0 Å². The summed E-state index contributed by atoms with van der Waals surface area (Å²) in [6.07, 6.45) is 22.5. The van der Waals surface area contributed by atoms with Gasteiger partial charge in [-0.05, 0) is 43.7 Å². The van der Waals surface area contributed by atoms with Gasteiger partial charge >= 0.3 is 0 Å². The second kappa shape index (κ2) is 17.2. The SMILES string of the molecule is CC(C)OCCCSCCCCCCCCCCC[Si](C)(C)C1CCCCC1. The maximum absolute atomic E-state index is 5.58. The van der Waals surface area contributed by atoms with Crippen LogP contribution in [-0.2, 0) is 4.74 Å². The van der Waals surface area contributed by atoms with E-state index in [9.17, 15) is 0 Å². The third-order valence-electron chi connectivity index (χ3n) is 6.70. The Hall–Kier alpha value is 0.527. The van der Waals surface area contributed by atoms with Crippen LogP contribution in [-0.4, -0.2) is 32.3 Å². The molecular weight excluding hydrogens is 376 g/mol. The van der Waals surface area contributed by atoms with Crippen LogP contribution >= 0.6 is 11.8 Å². The molecule has 0 aliphatic heterocycles. The standard InChI is InChI=1S/C25H52OSSi/c1-24(2)26-20-17-22-27-21-15-10-8-6-5-7-9-11-16-23-28(3,4)25-18-13-12-14-19-25/h24-25H,5-23H2,1-4H3. The van der Waals surface area contributed by atoms with Crippen LogP contribution in [0.4, 0.5) is 0 Å². The smallest absolute Gasteiger partial charge is 0.0518 e. The maximum atomic E-state index is 5.58. The molecule has 0 unspecified atom stereocenters. The zero-order valence-electron chi connectivity index (χ0n) is 19.9. The Balaban J connectivity index is 1.78. The van der Waals surface area contributed by atoms with Gasteiger partial charge in [-0.2, -0.15) is 11.8 Å². The van der Waals surface area contributed by atoms with Gasteiger partial charge in [-0.25, -0.2) is 0 Å². The first-order valence-corrected chi connectivity index (χ1v) is 17.2. The number of rotatable bonds is 18. The van der Waals surface area contributed by atoms with E-state index in [4.69, 9.17) is 4.74 Å². The summed E-state index contributed by atoms with van der Waals surface area (Å²) in [5.41, 5.74) is 1.15. The molecule has 0 heterocycles. The summed E-state index contributed by atoms with van der Waals surface area (Å²) in [6, 6.07) is 1.60. The minimum absolute atomic E-state index is 0.389. The number of hydrogen-bond acceptors (Lipinski definition) is 2. The van der Waals surface area contributed by atoms with E-state index in [1.54, 1.807) is 18.9 Å². The predicted octanol–water partition coefficient (Wildman–Crippen LogP) is 9.09. The minimum atomic E-state index is -0.922. The Kier molecular flexibility index (Phi) is 16.3.